The smallest absolute Gasteiger partial charge is 0.301 e. The molecule has 1 aliphatic heterocycles. The van der Waals surface area contributed by atoms with Crippen LogP contribution in [-0.2, 0) is 9.59 Å². The van der Waals surface area contributed by atoms with Crippen molar-refractivity contribution in [2.75, 3.05) is 12.0 Å². The molecular weight excluding hydrogens is 448 g/mol. The van der Waals surface area contributed by atoms with Crippen molar-refractivity contribution in [1.82, 2.24) is 4.98 Å². The van der Waals surface area contributed by atoms with E-state index in [1.807, 2.05) is 0 Å². The van der Waals surface area contributed by atoms with E-state index in [0.29, 0.717) is 22.7 Å². The molecule has 0 unspecified atom stereocenters. The van der Waals surface area contributed by atoms with Gasteiger partial charge in [-0.1, -0.05) is 46.3 Å². The second-order valence-electron chi connectivity index (χ2n) is 6.64. The maximum atomic E-state index is 13.0. The Morgan fingerprint density at radius 2 is 1.73 bits per heavy atom. The summed E-state index contributed by atoms with van der Waals surface area (Å²) in [7, 11) is 1.56. The third kappa shape index (κ3) is 3.48. The molecule has 7 heteroatoms. The van der Waals surface area contributed by atoms with Crippen molar-refractivity contribution < 1.29 is 19.4 Å². The number of hydrogen-bond donors (Lipinski definition) is 1. The van der Waals surface area contributed by atoms with Crippen LogP contribution in [0.25, 0.3) is 5.76 Å². The second kappa shape index (κ2) is 8.12. The number of methoxy groups -OCH3 is 1. The summed E-state index contributed by atoms with van der Waals surface area (Å²) in [5.74, 6) is -0.771. The minimum absolute atomic E-state index is 0.0122. The van der Waals surface area contributed by atoms with Gasteiger partial charge in [0.25, 0.3) is 5.78 Å². The maximum Gasteiger partial charge on any atom is 0.301 e. The van der Waals surface area contributed by atoms with Gasteiger partial charge in [0.05, 0.1) is 18.7 Å². The van der Waals surface area contributed by atoms with Crippen LogP contribution in [0.2, 0.25) is 0 Å². The lowest BCUT2D eigenvalue weighted by molar-refractivity contribution is -0.132. The van der Waals surface area contributed by atoms with Gasteiger partial charge in [0, 0.05) is 16.2 Å². The zero-order valence-corrected chi connectivity index (χ0v) is 17.5. The van der Waals surface area contributed by atoms with Gasteiger partial charge in [0.15, 0.2) is 0 Å². The molecule has 1 atom stereocenters. The zero-order valence-electron chi connectivity index (χ0n) is 15.9. The summed E-state index contributed by atoms with van der Waals surface area (Å²) in [4.78, 5) is 31.5. The molecule has 0 spiro atoms. The zero-order chi connectivity index (χ0) is 21.3. The molecule has 30 heavy (non-hydrogen) atoms. The van der Waals surface area contributed by atoms with E-state index in [2.05, 4.69) is 20.9 Å². The van der Waals surface area contributed by atoms with Crippen LogP contribution in [0.1, 0.15) is 17.2 Å². The van der Waals surface area contributed by atoms with Crippen molar-refractivity contribution in [3.05, 3.63) is 94.1 Å². The highest BCUT2D eigenvalue weighted by Gasteiger charge is 2.47. The highest BCUT2D eigenvalue weighted by molar-refractivity contribution is 9.10. The van der Waals surface area contributed by atoms with Crippen molar-refractivity contribution in [2.45, 2.75) is 6.04 Å². The molecule has 4 rings (SSSR count). The minimum Gasteiger partial charge on any atom is -0.507 e. The number of benzene rings is 2. The number of nitrogens with zero attached hydrogens (tertiary/aromatic N) is 2. The van der Waals surface area contributed by atoms with Crippen molar-refractivity contribution in [2.24, 2.45) is 0 Å². The van der Waals surface area contributed by atoms with E-state index in [4.69, 9.17) is 4.74 Å². The van der Waals surface area contributed by atoms with Crippen LogP contribution in [0.15, 0.2) is 83.0 Å². The average molecular weight is 465 g/mol. The number of aliphatic hydroxyl groups excluding tert-OH is 1. The van der Waals surface area contributed by atoms with Crippen LogP contribution in [0.5, 0.6) is 5.75 Å². The number of Topliss-reactive ketones (excluding diaryl/α,β-unsaturated/α-hetero) is 1. The number of amides is 1. The van der Waals surface area contributed by atoms with Crippen LogP contribution in [0.3, 0.4) is 0 Å². The van der Waals surface area contributed by atoms with E-state index in [-0.39, 0.29) is 11.3 Å². The number of hydrogen-bond acceptors (Lipinski definition) is 5. The molecule has 150 valence electrons. The van der Waals surface area contributed by atoms with E-state index in [9.17, 15) is 14.7 Å². The van der Waals surface area contributed by atoms with Crippen molar-refractivity contribution in [3.63, 3.8) is 0 Å². The topological polar surface area (TPSA) is 79.7 Å². The highest BCUT2D eigenvalue weighted by atomic mass is 79.9. The number of ketones is 1. The summed E-state index contributed by atoms with van der Waals surface area (Å²) in [6.45, 7) is 0. The van der Waals surface area contributed by atoms with Crippen molar-refractivity contribution >= 4 is 39.2 Å². The lowest BCUT2D eigenvalue weighted by Crippen LogP contribution is -2.30. The largest absolute Gasteiger partial charge is 0.507 e. The molecule has 2 aromatic carbocycles. The number of carbonyl (C=O) groups excluding carboxylic acids is 2. The summed E-state index contributed by atoms with van der Waals surface area (Å²) in [6, 6.07) is 18.2. The van der Waals surface area contributed by atoms with Crippen molar-refractivity contribution in [3.8, 4) is 5.75 Å². The maximum absolute atomic E-state index is 13.0. The summed E-state index contributed by atoms with van der Waals surface area (Å²) in [6.07, 6.45) is 1.55. The molecular formula is C23H17BrN2O4. The Bertz CT molecular complexity index is 1130. The third-order valence-electron chi connectivity index (χ3n) is 4.89. The van der Waals surface area contributed by atoms with Crippen LogP contribution >= 0.6 is 15.9 Å². The number of pyridine rings is 1. The van der Waals surface area contributed by atoms with Crippen LogP contribution in [-0.4, -0.2) is 28.9 Å². The van der Waals surface area contributed by atoms with E-state index in [1.54, 1.807) is 80.0 Å². The van der Waals surface area contributed by atoms with Crippen molar-refractivity contribution in [1.29, 1.82) is 0 Å². The number of anilines is 1. The number of rotatable bonds is 4. The Morgan fingerprint density at radius 1 is 1.03 bits per heavy atom. The number of aromatic nitrogens is 1. The quantitative estimate of drug-likeness (QED) is 0.349. The molecule has 1 aromatic heterocycles. The lowest BCUT2D eigenvalue weighted by Gasteiger charge is -2.24. The number of aliphatic hydroxyl groups is 1. The first-order chi connectivity index (χ1) is 14.5. The Kier molecular flexibility index (Phi) is 5.37. The van der Waals surface area contributed by atoms with E-state index < -0.39 is 17.7 Å². The fraction of sp³-hybridized carbons (Fsp3) is 0.0870. The molecule has 0 radical (unpaired) electrons. The van der Waals surface area contributed by atoms with Gasteiger partial charge in [-0.3, -0.25) is 14.5 Å². The van der Waals surface area contributed by atoms with Gasteiger partial charge in [-0.05, 0) is 42.0 Å². The average Bonchev–Trinajstić information content (AvgIpc) is 3.05. The van der Waals surface area contributed by atoms with Gasteiger partial charge in [0.2, 0.25) is 0 Å². The second-order valence-corrected chi connectivity index (χ2v) is 7.55. The molecule has 1 amide bonds. The van der Waals surface area contributed by atoms with Crippen LogP contribution in [0, 0.1) is 0 Å². The van der Waals surface area contributed by atoms with Gasteiger partial charge in [-0.15, -0.1) is 0 Å². The van der Waals surface area contributed by atoms with E-state index >= 15 is 0 Å². The molecule has 1 aliphatic rings. The lowest BCUT2D eigenvalue weighted by atomic mass is 9.95. The summed E-state index contributed by atoms with van der Waals surface area (Å²) in [5.41, 5.74) is 1.10. The molecule has 0 bridgehead atoms. The molecule has 6 nitrogen and oxygen atoms in total. The SMILES string of the molecule is COc1ccc([C@H]2C(=C(O)c3ccc(Br)cc3)C(=O)C(=O)N2c2ccccn2)cc1. The number of halogens is 1. The van der Waals surface area contributed by atoms with Gasteiger partial charge >= 0.3 is 5.91 Å². The molecule has 0 aliphatic carbocycles. The summed E-state index contributed by atoms with van der Waals surface area (Å²) in [5, 5.41) is 11.0. The molecule has 1 N–H and O–H groups in total. The van der Waals surface area contributed by atoms with Gasteiger partial charge < -0.3 is 9.84 Å². The molecule has 2 heterocycles. The van der Waals surface area contributed by atoms with Crippen LogP contribution < -0.4 is 9.64 Å². The predicted octanol–water partition coefficient (Wildman–Crippen LogP) is 4.48. The first kappa shape index (κ1) is 19.8. The standard InChI is InChI=1S/C23H17BrN2O4/c1-30-17-11-7-14(8-12-17)20-19(21(27)15-5-9-16(24)10-6-15)22(28)23(29)26(20)18-4-2-3-13-25-18/h2-13,20,27H,1H3/t20-/m0/s1. The number of ether oxygens (including phenoxy) is 1. The fourth-order valence-electron chi connectivity index (χ4n) is 3.43. The Balaban J connectivity index is 1.92. The first-order valence-corrected chi connectivity index (χ1v) is 9.92. The summed E-state index contributed by atoms with van der Waals surface area (Å²) >= 11 is 3.35. The van der Waals surface area contributed by atoms with Gasteiger partial charge in [-0.2, -0.15) is 0 Å². The molecule has 3 aromatic rings. The van der Waals surface area contributed by atoms with E-state index in [0.717, 1.165) is 4.47 Å². The Labute approximate surface area is 181 Å². The predicted molar refractivity (Wildman–Crippen MR) is 116 cm³/mol. The third-order valence-corrected chi connectivity index (χ3v) is 5.42. The Morgan fingerprint density at radius 3 is 2.33 bits per heavy atom. The summed E-state index contributed by atoms with van der Waals surface area (Å²) < 4.78 is 6.05. The highest BCUT2D eigenvalue weighted by Crippen LogP contribution is 2.41. The molecule has 1 saturated heterocycles. The van der Waals surface area contributed by atoms with Crippen LogP contribution in [0.4, 0.5) is 5.82 Å². The van der Waals surface area contributed by atoms with Gasteiger partial charge in [-0.25, -0.2) is 4.98 Å². The minimum atomic E-state index is -0.825. The monoisotopic (exact) mass is 464 g/mol. The first-order valence-electron chi connectivity index (χ1n) is 9.13. The Hall–Kier alpha value is -3.45. The molecule has 0 saturated carbocycles. The fourth-order valence-corrected chi connectivity index (χ4v) is 3.69. The van der Waals surface area contributed by atoms with Gasteiger partial charge in [0.1, 0.15) is 17.3 Å². The number of carbonyl (C=O) groups is 2. The normalized spacial score (nSPS) is 17.9. The van der Waals surface area contributed by atoms with E-state index in [1.165, 1.54) is 4.90 Å². The molecule has 1 fully saturated rings.